The van der Waals surface area contributed by atoms with Crippen LogP contribution in [-0.4, -0.2) is 59.4 Å². The Morgan fingerprint density at radius 2 is 1.96 bits per heavy atom. The van der Waals surface area contributed by atoms with Gasteiger partial charge in [-0.2, -0.15) is 0 Å². The van der Waals surface area contributed by atoms with Crippen molar-refractivity contribution < 1.29 is 9.59 Å². The number of hydrogen-bond acceptors (Lipinski definition) is 5. The van der Waals surface area contributed by atoms with E-state index in [9.17, 15) is 9.59 Å². The molecule has 1 aromatic heterocycles. The van der Waals surface area contributed by atoms with E-state index in [1.54, 1.807) is 35.6 Å². The molecule has 27 heavy (non-hydrogen) atoms. The number of halogens is 1. The zero-order chi connectivity index (χ0) is 18.8. The molecule has 0 N–H and O–H groups in total. The summed E-state index contributed by atoms with van der Waals surface area (Å²) in [5, 5.41) is 0.579. The lowest BCUT2D eigenvalue weighted by Crippen LogP contribution is -2.51. The fourth-order valence-corrected chi connectivity index (χ4v) is 3.82. The third-order valence-corrected chi connectivity index (χ3v) is 5.29. The molecule has 0 unspecified atom stereocenters. The highest BCUT2D eigenvalue weighted by Gasteiger charge is 2.38. The fourth-order valence-electron chi connectivity index (χ4n) is 3.64. The first-order valence-corrected chi connectivity index (χ1v) is 9.35. The molecule has 0 spiro atoms. The lowest BCUT2D eigenvalue weighted by Gasteiger charge is -2.36. The Morgan fingerprint density at radius 3 is 2.67 bits per heavy atom. The smallest absolute Gasteiger partial charge is 0.228 e. The summed E-state index contributed by atoms with van der Waals surface area (Å²) in [6, 6.07) is 7.18. The average Bonchev–Trinajstić information content (AvgIpc) is 3.10. The summed E-state index contributed by atoms with van der Waals surface area (Å²) in [6.45, 7) is 3.07. The van der Waals surface area contributed by atoms with Gasteiger partial charge in [0, 0.05) is 62.2 Å². The number of carbonyl (C=O) groups excluding carboxylic acids is 2. The Bertz CT molecular complexity index is 839. The van der Waals surface area contributed by atoms with Crippen molar-refractivity contribution >= 4 is 34.9 Å². The molecule has 0 saturated carbocycles. The van der Waals surface area contributed by atoms with Crippen LogP contribution in [0.2, 0.25) is 5.02 Å². The van der Waals surface area contributed by atoms with Gasteiger partial charge in [-0.15, -0.1) is 0 Å². The van der Waals surface area contributed by atoms with E-state index in [0.29, 0.717) is 37.7 Å². The number of benzene rings is 1. The summed E-state index contributed by atoms with van der Waals surface area (Å²) < 4.78 is 0. The molecule has 0 bridgehead atoms. The van der Waals surface area contributed by atoms with Gasteiger partial charge >= 0.3 is 0 Å². The topological polar surface area (TPSA) is 69.6 Å². The van der Waals surface area contributed by atoms with Gasteiger partial charge in [0.15, 0.2) is 0 Å². The van der Waals surface area contributed by atoms with E-state index < -0.39 is 0 Å². The standard InChI is InChI=1S/C19H20ClN5O2/c20-15-2-1-3-16(11-15)25-13-14(10-18(25)26)19(27)24-8-6-23(7-9-24)17-12-21-4-5-22-17/h1-5,11-12,14H,6-10,13H2/t14-/m1/s1. The Morgan fingerprint density at radius 1 is 1.15 bits per heavy atom. The fraction of sp³-hybridized carbons (Fsp3) is 0.368. The summed E-state index contributed by atoms with van der Waals surface area (Å²) in [4.78, 5) is 39.3. The molecule has 4 rings (SSSR count). The Labute approximate surface area is 162 Å². The number of rotatable bonds is 3. The van der Waals surface area contributed by atoms with Crippen LogP contribution in [0.4, 0.5) is 11.5 Å². The van der Waals surface area contributed by atoms with Crippen LogP contribution in [0, 0.1) is 5.92 Å². The minimum absolute atomic E-state index is 0.0335. The number of aromatic nitrogens is 2. The molecular formula is C19H20ClN5O2. The molecule has 140 valence electrons. The summed E-state index contributed by atoms with van der Waals surface area (Å²) >= 11 is 6.03. The normalized spacial score (nSPS) is 20.3. The molecule has 0 radical (unpaired) electrons. The lowest BCUT2D eigenvalue weighted by molar-refractivity contribution is -0.136. The zero-order valence-corrected chi connectivity index (χ0v) is 15.5. The van der Waals surface area contributed by atoms with E-state index in [4.69, 9.17) is 11.6 Å². The first kappa shape index (κ1) is 17.7. The van der Waals surface area contributed by atoms with Gasteiger partial charge in [0.25, 0.3) is 0 Å². The Balaban J connectivity index is 1.37. The van der Waals surface area contributed by atoms with E-state index in [1.807, 2.05) is 17.0 Å². The molecule has 8 heteroatoms. The van der Waals surface area contributed by atoms with Gasteiger partial charge in [-0.1, -0.05) is 17.7 Å². The van der Waals surface area contributed by atoms with E-state index in [1.165, 1.54) is 0 Å². The predicted octanol–water partition coefficient (Wildman–Crippen LogP) is 1.83. The Kier molecular flexibility index (Phi) is 4.94. The van der Waals surface area contributed by atoms with Crippen molar-refractivity contribution in [3.05, 3.63) is 47.9 Å². The molecule has 2 aromatic rings. The predicted molar refractivity (Wildman–Crippen MR) is 103 cm³/mol. The van der Waals surface area contributed by atoms with Crippen molar-refractivity contribution in [2.75, 3.05) is 42.5 Å². The summed E-state index contributed by atoms with van der Waals surface area (Å²) in [5.41, 5.74) is 0.746. The van der Waals surface area contributed by atoms with E-state index >= 15 is 0 Å². The Hall–Kier alpha value is -2.67. The maximum atomic E-state index is 12.9. The van der Waals surface area contributed by atoms with Crippen LogP contribution in [0.25, 0.3) is 0 Å². The van der Waals surface area contributed by atoms with Crippen LogP contribution in [0.5, 0.6) is 0 Å². The van der Waals surface area contributed by atoms with Crippen molar-refractivity contribution in [1.29, 1.82) is 0 Å². The first-order valence-electron chi connectivity index (χ1n) is 8.97. The lowest BCUT2D eigenvalue weighted by atomic mass is 10.1. The van der Waals surface area contributed by atoms with Crippen molar-refractivity contribution in [3.63, 3.8) is 0 Å². The molecule has 3 heterocycles. The first-order chi connectivity index (χ1) is 13.1. The van der Waals surface area contributed by atoms with Gasteiger partial charge in [0.2, 0.25) is 11.8 Å². The number of piperazine rings is 1. The van der Waals surface area contributed by atoms with E-state index in [2.05, 4.69) is 14.9 Å². The molecule has 2 aliphatic rings. The van der Waals surface area contributed by atoms with Crippen LogP contribution in [0.15, 0.2) is 42.9 Å². The maximum absolute atomic E-state index is 12.9. The van der Waals surface area contributed by atoms with Crippen LogP contribution in [0.3, 0.4) is 0 Å². The van der Waals surface area contributed by atoms with Gasteiger partial charge in [-0.3, -0.25) is 14.6 Å². The molecule has 2 saturated heterocycles. The molecule has 2 amide bonds. The number of anilines is 2. The summed E-state index contributed by atoms with van der Waals surface area (Å²) in [6.07, 6.45) is 5.29. The summed E-state index contributed by atoms with van der Waals surface area (Å²) in [7, 11) is 0. The highest BCUT2D eigenvalue weighted by atomic mass is 35.5. The van der Waals surface area contributed by atoms with Gasteiger partial charge in [0.1, 0.15) is 5.82 Å². The van der Waals surface area contributed by atoms with Crippen LogP contribution in [-0.2, 0) is 9.59 Å². The van der Waals surface area contributed by atoms with Gasteiger partial charge < -0.3 is 14.7 Å². The molecule has 1 atom stereocenters. The quantitative estimate of drug-likeness (QED) is 0.806. The van der Waals surface area contributed by atoms with Crippen LogP contribution in [0.1, 0.15) is 6.42 Å². The highest BCUT2D eigenvalue weighted by molar-refractivity contribution is 6.31. The largest absolute Gasteiger partial charge is 0.352 e. The minimum Gasteiger partial charge on any atom is -0.352 e. The maximum Gasteiger partial charge on any atom is 0.228 e. The number of hydrogen-bond donors (Lipinski definition) is 0. The molecule has 2 fully saturated rings. The molecule has 7 nitrogen and oxygen atoms in total. The third-order valence-electron chi connectivity index (χ3n) is 5.06. The minimum atomic E-state index is -0.306. The molecule has 2 aliphatic heterocycles. The van der Waals surface area contributed by atoms with E-state index in [-0.39, 0.29) is 24.2 Å². The van der Waals surface area contributed by atoms with Crippen molar-refractivity contribution in [2.24, 2.45) is 5.92 Å². The van der Waals surface area contributed by atoms with Crippen molar-refractivity contribution in [1.82, 2.24) is 14.9 Å². The second-order valence-corrected chi connectivity index (χ2v) is 7.20. The van der Waals surface area contributed by atoms with Crippen molar-refractivity contribution in [3.8, 4) is 0 Å². The number of amides is 2. The van der Waals surface area contributed by atoms with Gasteiger partial charge in [0.05, 0.1) is 12.1 Å². The van der Waals surface area contributed by atoms with Gasteiger partial charge in [-0.25, -0.2) is 4.98 Å². The van der Waals surface area contributed by atoms with Crippen molar-refractivity contribution in [2.45, 2.75) is 6.42 Å². The van der Waals surface area contributed by atoms with Gasteiger partial charge in [-0.05, 0) is 18.2 Å². The number of carbonyl (C=O) groups is 2. The van der Waals surface area contributed by atoms with Crippen LogP contribution >= 0.6 is 11.6 Å². The van der Waals surface area contributed by atoms with E-state index in [0.717, 1.165) is 11.5 Å². The average molecular weight is 386 g/mol. The van der Waals surface area contributed by atoms with Crippen LogP contribution < -0.4 is 9.80 Å². The zero-order valence-electron chi connectivity index (χ0n) is 14.8. The summed E-state index contributed by atoms with van der Waals surface area (Å²) in [5.74, 6) is 0.535. The second kappa shape index (κ2) is 7.52. The molecule has 1 aromatic carbocycles. The second-order valence-electron chi connectivity index (χ2n) is 6.76. The SMILES string of the molecule is O=C([C@@H]1CC(=O)N(c2cccc(Cl)c2)C1)N1CCN(c2cnccn2)CC1. The number of nitrogens with zero attached hydrogens (tertiary/aromatic N) is 5. The molecular weight excluding hydrogens is 366 g/mol. The third kappa shape index (κ3) is 3.73. The monoisotopic (exact) mass is 385 g/mol. The highest BCUT2D eigenvalue weighted by Crippen LogP contribution is 2.28. The molecule has 0 aliphatic carbocycles.